The molecule has 1 aliphatic carbocycles. The van der Waals surface area contributed by atoms with Crippen molar-refractivity contribution >= 4 is 5.91 Å². The Bertz CT molecular complexity index is 731. The highest BCUT2D eigenvalue weighted by molar-refractivity contribution is 5.78. The monoisotopic (exact) mass is 341 g/mol. The summed E-state index contributed by atoms with van der Waals surface area (Å²) in [6.07, 6.45) is 0.918. The van der Waals surface area contributed by atoms with Gasteiger partial charge in [0.05, 0.1) is 13.7 Å². The Morgan fingerprint density at radius 3 is 2.36 bits per heavy atom. The molecule has 25 heavy (non-hydrogen) atoms. The maximum absolute atomic E-state index is 12.2. The maximum atomic E-state index is 12.2. The summed E-state index contributed by atoms with van der Waals surface area (Å²) in [5.74, 6) is 2.27. The summed E-state index contributed by atoms with van der Waals surface area (Å²) < 4.78 is 16.5. The third kappa shape index (κ3) is 4.24. The molecule has 0 heterocycles. The number of carbonyl (C=O) groups excluding carboxylic acids is 1. The van der Waals surface area contributed by atoms with Gasteiger partial charge in [-0.3, -0.25) is 4.79 Å². The van der Waals surface area contributed by atoms with E-state index in [2.05, 4.69) is 5.32 Å². The van der Waals surface area contributed by atoms with E-state index in [0.717, 1.165) is 17.7 Å². The lowest BCUT2D eigenvalue weighted by atomic mass is 10.1. The van der Waals surface area contributed by atoms with Gasteiger partial charge in [0, 0.05) is 12.0 Å². The van der Waals surface area contributed by atoms with E-state index in [-0.39, 0.29) is 18.6 Å². The minimum atomic E-state index is -0.131. The van der Waals surface area contributed by atoms with Gasteiger partial charge in [0.1, 0.15) is 5.75 Å². The molecule has 0 saturated heterocycles. The first-order chi connectivity index (χ1) is 12.2. The van der Waals surface area contributed by atoms with E-state index in [9.17, 15) is 4.79 Å². The number of methoxy groups -OCH3 is 1. The third-order valence-electron chi connectivity index (χ3n) is 4.18. The molecule has 0 spiro atoms. The van der Waals surface area contributed by atoms with Crippen molar-refractivity contribution in [1.29, 1.82) is 0 Å². The number of benzene rings is 2. The summed E-state index contributed by atoms with van der Waals surface area (Å²) in [5, 5.41) is 3.02. The molecule has 2 aromatic carbocycles. The van der Waals surface area contributed by atoms with Gasteiger partial charge in [0.15, 0.2) is 18.1 Å². The van der Waals surface area contributed by atoms with Gasteiger partial charge in [-0.15, -0.1) is 0 Å². The second kappa shape index (κ2) is 7.92. The predicted octanol–water partition coefficient (Wildman–Crippen LogP) is 3.15. The molecule has 0 bridgehead atoms. The molecule has 1 saturated carbocycles. The molecular weight excluding hydrogens is 318 g/mol. The summed E-state index contributed by atoms with van der Waals surface area (Å²) in [7, 11) is 1.67. The topological polar surface area (TPSA) is 56.8 Å². The fraction of sp³-hybridized carbons (Fsp3) is 0.350. The number of nitrogens with one attached hydrogen (secondary N) is 1. The van der Waals surface area contributed by atoms with Crippen molar-refractivity contribution < 1.29 is 19.0 Å². The molecule has 5 heteroatoms. The standard InChI is InChI=1S/C20H23NO4/c1-3-24-18-10-6-7-11-19(18)25-13-20(22)21-16-12-15(16)14-8-4-5-9-17(14)23-2/h4-11,15-16H,3,12-13H2,1-2H3,(H,21,22)/t15-,16-/m0/s1. The Morgan fingerprint density at radius 2 is 1.68 bits per heavy atom. The van der Waals surface area contributed by atoms with E-state index in [1.165, 1.54) is 0 Å². The van der Waals surface area contributed by atoms with Gasteiger partial charge in [-0.25, -0.2) is 0 Å². The number of ether oxygens (including phenoxy) is 3. The van der Waals surface area contributed by atoms with Crippen molar-refractivity contribution in [2.75, 3.05) is 20.3 Å². The highest BCUT2D eigenvalue weighted by atomic mass is 16.5. The molecule has 0 unspecified atom stereocenters. The third-order valence-corrected chi connectivity index (χ3v) is 4.18. The number of rotatable bonds is 8. The SMILES string of the molecule is CCOc1ccccc1OCC(=O)N[C@H]1C[C@H]1c1ccccc1OC. The van der Waals surface area contributed by atoms with Gasteiger partial charge < -0.3 is 19.5 Å². The van der Waals surface area contributed by atoms with Crippen LogP contribution in [0.2, 0.25) is 0 Å². The highest BCUT2D eigenvalue weighted by Gasteiger charge is 2.41. The second-order valence-electron chi connectivity index (χ2n) is 5.93. The number of amides is 1. The summed E-state index contributed by atoms with van der Waals surface area (Å²) in [4.78, 5) is 12.2. The first kappa shape index (κ1) is 17.1. The fourth-order valence-electron chi connectivity index (χ4n) is 2.91. The van der Waals surface area contributed by atoms with Crippen LogP contribution in [0, 0.1) is 0 Å². The van der Waals surface area contributed by atoms with E-state index in [4.69, 9.17) is 14.2 Å². The summed E-state index contributed by atoms with van der Waals surface area (Å²) >= 11 is 0. The Hall–Kier alpha value is -2.69. The average molecular weight is 341 g/mol. The molecule has 1 amide bonds. The van der Waals surface area contributed by atoms with Crippen LogP contribution in [0.4, 0.5) is 0 Å². The van der Waals surface area contributed by atoms with E-state index in [1.807, 2.05) is 49.4 Å². The van der Waals surface area contributed by atoms with Crippen molar-refractivity contribution in [2.24, 2.45) is 0 Å². The van der Waals surface area contributed by atoms with Crippen LogP contribution in [0.5, 0.6) is 17.2 Å². The average Bonchev–Trinajstić information content (AvgIpc) is 3.40. The minimum Gasteiger partial charge on any atom is -0.496 e. The predicted molar refractivity (Wildman–Crippen MR) is 95.4 cm³/mol. The summed E-state index contributed by atoms with van der Waals surface area (Å²) in [5.41, 5.74) is 1.14. The zero-order valence-corrected chi connectivity index (χ0v) is 14.5. The van der Waals surface area contributed by atoms with Crippen LogP contribution in [-0.2, 0) is 4.79 Å². The molecular formula is C20H23NO4. The van der Waals surface area contributed by atoms with Crippen LogP contribution in [0.1, 0.15) is 24.8 Å². The zero-order valence-electron chi connectivity index (χ0n) is 14.5. The molecule has 5 nitrogen and oxygen atoms in total. The van der Waals surface area contributed by atoms with Crippen LogP contribution in [-0.4, -0.2) is 32.3 Å². The highest BCUT2D eigenvalue weighted by Crippen LogP contribution is 2.44. The van der Waals surface area contributed by atoms with Crippen molar-refractivity contribution in [2.45, 2.75) is 25.3 Å². The van der Waals surface area contributed by atoms with E-state index in [1.54, 1.807) is 13.2 Å². The second-order valence-corrected chi connectivity index (χ2v) is 5.93. The van der Waals surface area contributed by atoms with Gasteiger partial charge in [0.25, 0.3) is 5.91 Å². The lowest BCUT2D eigenvalue weighted by molar-refractivity contribution is -0.123. The molecule has 2 aromatic rings. The van der Waals surface area contributed by atoms with Gasteiger partial charge >= 0.3 is 0 Å². The lowest BCUT2D eigenvalue weighted by Crippen LogP contribution is -2.31. The van der Waals surface area contributed by atoms with E-state index in [0.29, 0.717) is 24.0 Å². The largest absolute Gasteiger partial charge is 0.496 e. The van der Waals surface area contributed by atoms with Crippen LogP contribution < -0.4 is 19.5 Å². The number of para-hydroxylation sites is 3. The first-order valence-electron chi connectivity index (χ1n) is 8.49. The molecule has 0 radical (unpaired) electrons. The minimum absolute atomic E-state index is 0.0285. The van der Waals surface area contributed by atoms with Crippen LogP contribution in [0.25, 0.3) is 0 Å². The van der Waals surface area contributed by atoms with Crippen LogP contribution in [0.3, 0.4) is 0 Å². The number of carbonyl (C=O) groups is 1. The zero-order chi connectivity index (χ0) is 17.6. The smallest absolute Gasteiger partial charge is 0.258 e. The van der Waals surface area contributed by atoms with Crippen LogP contribution >= 0.6 is 0 Å². The number of hydrogen-bond acceptors (Lipinski definition) is 4. The maximum Gasteiger partial charge on any atom is 0.258 e. The van der Waals surface area contributed by atoms with Crippen molar-refractivity contribution in [3.8, 4) is 17.2 Å². The lowest BCUT2D eigenvalue weighted by Gasteiger charge is -2.12. The van der Waals surface area contributed by atoms with Crippen molar-refractivity contribution in [3.63, 3.8) is 0 Å². The van der Waals surface area contributed by atoms with Crippen molar-refractivity contribution in [1.82, 2.24) is 5.32 Å². The number of hydrogen-bond donors (Lipinski definition) is 1. The van der Waals surface area contributed by atoms with E-state index >= 15 is 0 Å². The summed E-state index contributed by atoms with van der Waals surface area (Å²) in [6.45, 7) is 2.43. The molecule has 1 fully saturated rings. The van der Waals surface area contributed by atoms with Gasteiger partial charge in [0.2, 0.25) is 0 Å². The van der Waals surface area contributed by atoms with Crippen molar-refractivity contribution in [3.05, 3.63) is 54.1 Å². The molecule has 1 aliphatic rings. The van der Waals surface area contributed by atoms with Gasteiger partial charge in [-0.2, -0.15) is 0 Å². The normalized spacial score (nSPS) is 18.3. The first-order valence-corrected chi connectivity index (χ1v) is 8.49. The molecule has 1 N–H and O–H groups in total. The van der Waals surface area contributed by atoms with Crippen LogP contribution in [0.15, 0.2) is 48.5 Å². The quantitative estimate of drug-likeness (QED) is 0.801. The summed E-state index contributed by atoms with van der Waals surface area (Å²) in [6, 6.07) is 15.4. The Labute approximate surface area is 147 Å². The fourth-order valence-corrected chi connectivity index (χ4v) is 2.91. The molecule has 0 aromatic heterocycles. The van der Waals surface area contributed by atoms with Gasteiger partial charge in [-0.05, 0) is 37.1 Å². The Morgan fingerprint density at radius 1 is 1.04 bits per heavy atom. The Balaban J connectivity index is 1.51. The van der Waals surface area contributed by atoms with Gasteiger partial charge in [-0.1, -0.05) is 30.3 Å². The molecule has 0 aliphatic heterocycles. The molecule has 2 atom stereocenters. The molecule has 3 rings (SSSR count). The Kier molecular flexibility index (Phi) is 5.43. The van der Waals surface area contributed by atoms with E-state index < -0.39 is 0 Å². The molecule has 132 valence electrons.